The van der Waals surface area contributed by atoms with Crippen LogP contribution in [0.2, 0.25) is 5.02 Å². The monoisotopic (exact) mass is 345 g/mol. The van der Waals surface area contributed by atoms with Gasteiger partial charge in [0.05, 0.1) is 11.4 Å². The topological polar surface area (TPSA) is 124 Å². The maximum absolute atomic E-state index is 11.8. The molecule has 0 radical (unpaired) electrons. The molecule has 0 atom stereocenters. The van der Waals surface area contributed by atoms with Crippen molar-refractivity contribution in [2.24, 2.45) is 0 Å². The Morgan fingerprint density at radius 1 is 1.39 bits per heavy atom. The summed E-state index contributed by atoms with van der Waals surface area (Å²) in [6.45, 7) is 0. The van der Waals surface area contributed by atoms with Crippen LogP contribution >= 0.6 is 23.4 Å². The lowest BCUT2D eigenvalue weighted by atomic mass is 10.1. The van der Waals surface area contributed by atoms with Gasteiger partial charge < -0.3 is 4.98 Å². The fraction of sp³-hybridized carbons (Fsp3) is 0.0769. The number of H-pyrrole nitrogens is 2. The number of thioether (sulfide) groups is 1. The first-order valence-electron chi connectivity index (χ1n) is 6.33. The second-order valence-corrected chi connectivity index (χ2v) is 5.74. The summed E-state index contributed by atoms with van der Waals surface area (Å²) in [7, 11) is 0. The number of nitrogens with one attached hydrogen (secondary N) is 2. The molecule has 2 aromatic heterocycles. The van der Waals surface area contributed by atoms with E-state index in [1.165, 1.54) is 11.8 Å². The van der Waals surface area contributed by atoms with Crippen molar-refractivity contribution >= 4 is 23.4 Å². The second-order valence-electron chi connectivity index (χ2n) is 4.34. The highest BCUT2D eigenvalue weighted by atomic mass is 35.5. The lowest BCUT2D eigenvalue weighted by Gasteiger charge is -2.07. The average molecular weight is 346 g/mol. The summed E-state index contributed by atoms with van der Waals surface area (Å²) in [5, 5.41) is 23.7. The van der Waals surface area contributed by atoms with E-state index >= 15 is 0 Å². The van der Waals surface area contributed by atoms with Crippen molar-refractivity contribution in [1.82, 2.24) is 30.6 Å². The van der Waals surface area contributed by atoms with Gasteiger partial charge in [0.15, 0.2) is 5.82 Å². The van der Waals surface area contributed by atoms with E-state index in [9.17, 15) is 10.1 Å². The highest BCUT2D eigenvalue weighted by Crippen LogP contribution is 2.29. The predicted octanol–water partition coefficient (Wildman–Crippen LogP) is 1.77. The van der Waals surface area contributed by atoms with Crippen molar-refractivity contribution in [2.75, 3.05) is 0 Å². The van der Waals surface area contributed by atoms with Crippen molar-refractivity contribution < 1.29 is 0 Å². The zero-order valence-corrected chi connectivity index (χ0v) is 13.0. The molecule has 0 saturated carbocycles. The fourth-order valence-electron chi connectivity index (χ4n) is 1.90. The molecule has 2 N–H and O–H groups in total. The van der Waals surface area contributed by atoms with Crippen molar-refractivity contribution in [3.63, 3.8) is 0 Å². The molecule has 8 nitrogen and oxygen atoms in total. The van der Waals surface area contributed by atoms with Crippen LogP contribution in [-0.4, -0.2) is 30.6 Å². The van der Waals surface area contributed by atoms with Gasteiger partial charge in [-0.2, -0.15) is 15.5 Å². The van der Waals surface area contributed by atoms with Crippen LogP contribution in [0.25, 0.3) is 11.3 Å². The molecule has 0 amide bonds. The van der Waals surface area contributed by atoms with Gasteiger partial charge in [0, 0.05) is 10.6 Å². The van der Waals surface area contributed by atoms with Gasteiger partial charge in [0.25, 0.3) is 0 Å². The summed E-state index contributed by atoms with van der Waals surface area (Å²) in [6.07, 6.45) is 0. The quantitative estimate of drug-likeness (QED) is 0.545. The molecule has 23 heavy (non-hydrogen) atoms. The Labute approximate surface area is 138 Å². The zero-order valence-electron chi connectivity index (χ0n) is 11.4. The molecule has 2 heterocycles. The first-order chi connectivity index (χ1) is 11.2. The van der Waals surface area contributed by atoms with Crippen LogP contribution in [0.4, 0.5) is 0 Å². The Balaban J connectivity index is 2.04. The van der Waals surface area contributed by atoms with Gasteiger partial charge >= 0.3 is 5.69 Å². The highest BCUT2D eigenvalue weighted by Gasteiger charge is 2.15. The molecule has 10 heteroatoms. The maximum atomic E-state index is 11.8. The Kier molecular flexibility index (Phi) is 4.36. The number of hydrogen-bond acceptors (Lipinski definition) is 7. The van der Waals surface area contributed by atoms with Crippen LogP contribution in [0.1, 0.15) is 11.4 Å². The molecule has 0 bridgehead atoms. The van der Waals surface area contributed by atoms with Gasteiger partial charge in [-0.15, -0.1) is 10.2 Å². The smallest absolute Gasteiger partial charge is 0.304 e. The average Bonchev–Trinajstić information content (AvgIpc) is 3.05. The molecule has 3 aromatic rings. The number of hydrogen-bond donors (Lipinski definition) is 2. The molecule has 0 aliphatic heterocycles. The number of tetrazole rings is 1. The first kappa shape index (κ1) is 15.2. The van der Waals surface area contributed by atoms with E-state index in [0.717, 1.165) is 0 Å². The lowest BCUT2D eigenvalue weighted by molar-refractivity contribution is 0.881. The van der Waals surface area contributed by atoms with Gasteiger partial charge in [-0.05, 0) is 12.1 Å². The molecule has 0 unspecified atom stereocenters. The normalized spacial score (nSPS) is 10.4. The third-order valence-corrected chi connectivity index (χ3v) is 4.06. The molecular formula is C13H8ClN7OS. The number of benzene rings is 1. The van der Waals surface area contributed by atoms with E-state index in [2.05, 4.69) is 36.7 Å². The number of nitriles is 1. The summed E-state index contributed by atoms with van der Waals surface area (Å²) in [6, 6.07) is 8.95. The van der Waals surface area contributed by atoms with Crippen LogP contribution in [0.3, 0.4) is 0 Å². The predicted molar refractivity (Wildman–Crippen MR) is 83.8 cm³/mol. The maximum Gasteiger partial charge on any atom is 0.346 e. The SMILES string of the molecule is N#Cc1c(SCc2nn[nH]n2)nc(=O)[nH]c1-c1cccc(Cl)c1. The Hall–Kier alpha value is -2.70. The van der Waals surface area contributed by atoms with Crippen molar-refractivity contribution in [3.8, 4) is 17.3 Å². The summed E-state index contributed by atoms with van der Waals surface area (Å²) >= 11 is 7.16. The van der Waals surface area contributed by atoms with E-state index in [1.54, 1.807) is 24.3 Å². The molecule has 0 spiro atoms. The number of halogens is 1. The fourth-order valence-corrected chi connectivity index (χ4v) is 2.92. The number of nitrogens with zero attached hydrogens (tertiary/aromatic N) is 5. The molecule has 3 rings (SSSR count). The van der Waals surface area contributed by atoms with E-state index in [0.29, 0.717) is 32.9 Å². The van der Waals surface area contributed by atoms with Gasteiger partial charge in [-0.1, -0.05) is 40.7 Å². The minimum atomic E-state index is -0.547. The van der Waals surface area contributed by atoms with Crippen LogP contribution in [-0.2, 0) is 5.75 Å². The van der Waals surface area contributed by atoms with E-state index < -0.39 is 5.69 Å². The third kappa shape index (κ3) is 3.39. The van der Waals surface area contributed by atoms with Gasteiger partial charge in [-0.3, -0.25) is 0 Å². The summed E-state index contributed by atoms with van der Waals surface area (Å²) in [5.74, 6) is 0.779. The van der Waals surface area contributed by atoms with Crippen molar-refractivity contribution in [1.29, 1.82) is 5.26 Å². The van der Waals surface area contributed by atoms with Crippen LogP contribution in [0.5, 0.6) is 0 Å². The Morgan fingerprint density at radius 3 is 2.96 bits per heavy atom. The zero-order chi connectivity index (χ0) is 16.2. The number of rotatable bonds is 4. The summed E-state index contributed by atoms with van der Waals surface area (Å²) in [5.41, 5.74) is 0.732. The number of aromatic amines is 2. The standard InChI is InChI=1S/C13H8ClN7OS/c14-8-3-1-2-7(4-8)11-9(5-15)12(17-13(22)16-11)23-6-10-18-20-21-19-10/h1-4H,6H2,(H,16,17,22)(H,18,19,20,21). The van der Waals surface area contributed by atoms with E-state index in [1.807, 2.05) is 0 Å². The molecule has 0 saturated heterocycles. The molecular weight excluding hydrogens is 338 g/mol. The highest BCUT2D eigenvalue weighted by molar-refractivity contribution is 7.98. The van der Waals surface area contributed by atoms with Crippen molar-refractivity contribution in [3.05, 3.63) is 51.2 Å². The number of aromatic nitrogens is 6. The minimum Gasteiger partial charge on any atom is -0.304 e. The van der Waals surface area contributed by atoms with E-state index in [-0.39, 0.29) is 5.56 Å². The Bertz CT molecular complexity index is 932. The second kappa shape index (κ2) is 6.60. The lowest BCUT2D eigenvalue weighted by Crippen LogP contribution is -2.14. The van der Waals surface area contributed by atoms with Gasteiger partial charge in [-0.25, -0.2) is 4.79 Å². The van der Waals surface area contributed by atoms with Crippen LogP contribution < -0.4 is 5.69 Å². The first-order valence-corrected chi connectivity index (χ1v) is 7.69. The van der Waals surface area contributed by atoms with Crippen LogP contribution in [0.15, 0.2) is 34.1 Å². The minimum absolute atomic E-state index is 0.264. The summed E-state index contributed by atoms with van der Waals surface area (Å²) in [4.78, 5) is 18.3. The largest absolute Gasteiger partial charge is 0.346 e. The van der Waals surface area contributed by atoms with Gasteiger partial charge in [0.2, 0.25) is 0 Å². The molecule has 0 aliphatic rings. The van der Waals surface area contributed by atoms with Crippen LogP contribution in [0, 0.1) is 11.3 Å². The third-order valence-electron chi connectivity index (χ3n) is 2.85. The van der Waals surface area contributed by atoms with Crippen molar-refractivity contribution in [2.45, 2.75) is 10.8 Å². The van der Waals surface area contributed by atoms with E-state index in [4.69, 9.17) is 11.6 Å². The van der Waals surface area contributed by atoms with Gasteiger partial charge in [0.1, 0.15) is 16.7 Å². The molecule has 114 valence electrons. The summed E-state index contributed by atoms with van der Waals surface area (Å²) < 4.78 is 0. The molecule has 0 aliphatic carbocycles. The molecule has 1 aromatic carbocycles. The Morgan fingerprint density at radius 2 is 2.26 bits per heavy atom. The molecule has 0 fully saturated rings.